The molecule has 0 saturated heterocycles. The molecule has 1 aliphatic rings. The van der Waals surface area contributed by atoms with Gasteiger partial charge in [-0.1, -0.05) is 109 Å². The van der Waals surface area contributed by atoms with E-state index in [0.29, 0.717) is 0 Å². The number of aryl methyl sites for hydroxylation is 1. The van der Waals surface area contributed by atoms with Gasteiger partial charge in [-0.25, -0.2) is 0 Å². The van der Waals surface area contributed by atoms with Crippen LogP contribution < -0.4 is 0 Å². The van der Waals surface area contributed by atoms with Gasteiger partial charge in [0.25, 0.3) is 0 Å². The fourth-order valence-electron chi connectivity index (χ4n) is 5.12. The predicted octanol–water partition coefficient (Wildman–Crippen LogP) is 12.1. The molecule has 0 atom stereocenters. The van der Waals surface area contributed by atoms with E-state index in [1.54, 1.807) is 0 Å². The zero-order valence-corrected chi connectivity index (χ0v) is 24.7. The highest BCUT2D eigenvalue weighted by Gasteiger charge is 2.12. The maximum Gasteiger partial charge on any atom is 0.0635 e. The molecule has 3 aromatic carbocycles. The van der Waals surface area contributed by atoms with Crippen LogP contribution in [0.3, 0.4) is 0 Å². The summed E-state index contributed by atoms with van der Waals surface area (Å²) in [6.07, 6.45) is 15.8. The minimum atomic E-state index is 1.09. The van der Waals surface area contributed by atoms with Gasteiger partial charge in [0.05, 0.1) is 9.40 Å². The van der Waals surface area contributed by atoms with Crippen molar-refractivity contribution in [1.29, 1.82) is 0 Å². The van der Waals surface area contributed by atoms with Crippen LogP contribution in [0.15, 0.2) is 115 Å². The van der Waals surface area contributed by atoms with Gasteiger partial charge < -0.3 is 0 Å². The molecule has 3 heteroatoms. The van der Waals surface area contributed by atoms with Gasteiger partial charge in [0, 0.05) is 19.2 Å². The van der Waals surface area contributed by atoms with Crippen molar-refractivity contribution in [1.82, 2.24) is 0 Å². The van der Waals surface area contributed by atoms with Crippen molar-refractivity contribution in [3.05, 3.63) is 141 Å². The summed E-state index contributed by atoms with van der Waals surface area (Å²) in [5.74, 6) is 0. The summed E-state index contributed by atoms with van der Waals surface area (Å²) in [4.78, 5) is 2.64. The zero-order valence-electron chi connectivity index (χ0n) is 22.3. The average Bonchev–Trinajstić information content (AvgIpc) is 3.67. The lowest BCUT2D eigenvalue weighted by Gasteiger charge is -2.12. The SMILES string of the molecule is Cc1ccc(-c2ccc(/C=C/c3cc4sc5cc(/C=C/C6=CC=C(c7ccccc7)CC6)sc5c4s3)cc2)cc1. The Morgan fingerprint density at radius 1 is 0.550 bits per heavy atom. The van der Waals surface area contributed by atoms with Crippen LogP contribution in [0.5, 0.6) is 0 Å². The van der Waals surface area contributed by atoms with Gasteiger partial charge in [0.15, 0.2) is 0 Å². The molecule has 40 heavy (non-hydrogen) atoms. The third kappa shape index (κ3) is 5.33. The summed E-state index contributed by atoms with van der Waals surface area (Å²) >= 11 is 5.73. The lowest BCUT2D eigenvalue weighted by molar-refractivity contribution is 1.01. The van der Waals surface area contributed by atoms with Crippen LogP contribution in [0.1, 0.15) is 39.3 Å². The molecule has 0 bridgehead atoms. The molecule has 1 aliphatic carbocycles. The molecular weight excluding hydrogens is 541 g/mol. The molecule has 0 fully saturated rings. The second-order valence-electron chi connectivity index (χ2n) is 10.2. The summed E-state index contributed by atoms with van der Waals surface area (Å²) in [6.45, 7) is 2.13. The van der Waals surface area contributed by atoms with Gasteiger partial charge >= 0.3 is 0 Å². The number of thiophene rings is 3. The van der Waals surface area contributed by atoms with Crippen LogP contribution in [-0.4, -0.2) is 0 Å². The van der Waals surface area contributed by atoms with Crippen LogP contribution in [-0.2, 0) is 0 Å². The Bertz CT molecular complexity index is 1920. The van der Waals surface area contributed by atoms with E-state index in [-0.39, 0.29) is 0 Å². The third-order valence-electron chi connectivity index (χ3n) is 7.38. The molecule has 0 nitrogen and oxygen atoms in total. The number of fused-ring (bicyclic) bond motifs is 3. The Kier molecular flexibility index (Phi) is 6.95. The minimum Gasteiger partial charge on any atom is -0.133 e. The van der Waals surface area contributed by atoms with Crippen LogP contribution >= 0.6 is 34.0 Å². The summed E-state index contributed by atoms with van der Waals surface area (Å²) in [5.41, 5.74) is 9.20. The van der Waals surface area contributed by atoms with Crippen molar-refractivity contribution in [2.24, 2.45) is 0 Å². The summed E-state index contributed by atoms with van der Waals surface area (Å²) in [7, 11) is 0. The number of hydrogen-bond donors (Lipinski definition) is 0. The number of hydrogen-bond acceptors (Lipinski definition) is 3. The first-order valence-electron chi connectivity index (χ1n) is 13.6. The number of allylic oxidation sites excluding steroid dienone is 5. The highest BCUT2D eigenvalue weighted by molar-refractivity contribution is 7.38. The molecule has 3 aromatic heterocycles. The first kappa shape index (κ1) is 25.2. The van der Waals surface area contributed by atoms with Crippen molar-refractivity contribution in [2.45, 2.75) is 19.8 Å². The first-order valence-corrected chi connectivity index (χ1v) is 16.1. The molecule has 194 valence electrons. The van der Waals surface area contributed by atoms with Crippen LogP contribution in [0.2, 0.25) is 0 Å². The number of rotatable bonds is 6. The molecule has 7 rings (SSSR count). The summed E-state index contributed by atoms with van der Waals surface area (Å²) in [5, 5.41) is 0. The van der Waals surface area contributed by atoms with Crippen molar-refractivity contribution in [2.75, 3.05) is 0 Å². The first-order chi connectivity index (χ1) is 19.7. The van der Waals surface area contributed by atoms with E-state index in [9.17, 15) is 0 Å². The van der Waals surface area contributed by atoms with Crippen LogP contribution in [0, 0.1) is 6.92 Å². The van der Waals surface area contributed by atoms with Crippen LogP contribution in [0.25, 0.3) is 53.7 Å². The molecule has 6 aromatic rings. The second-order valence-corrected chi connectivity index (χ2v) is 13.5. The molecular formula is C37H28S3. The Hall–Kier alpha value is -3.76. The highest BCUT2D eigenvalue weighted by atomic mass is 32.1. The Labute approximate surface area is 247 Å². The van der Waals surface area contributed by atoms with Crippen LogP contribution in [0.4, 0.5) is 0 Å². The Morgan fingerprint density at radius 2 is 1.18 bits per heavy atom. The molecule has 0 spiro atoms. The van der Waals surface area contributed by atoms with E-state index in [2.05, 4.69) is 134 Å². The average molecular weight is 569 g/mol. The minimum absolute atomic E-state index is 1.09. The van der Waals surface area contributed by atoms with Gasteiger partial charge in [-0.15, -0.1) is 34.0 Å². The maximum atomic E-state index is 2.35. The quantitative estimate of drug-likeness (QED) is 0.187. The van der Waals surface area contributed by atoms with E-state index in [1.807, 2.05) is 34.0 Å². The van der Waals surface area contributed by atoms with E-state index >= 15 is 0 Å². The van der Waals surface area contributed by atoms with Gasteiger partial charge in [0.2, 0.25) is 0 Å². The van der Waals surface area contributed by atoms with Crippen molar-refractivity contribution < 1.29 is 0 Å². The van der Waals surface area contributed by atoms with Gasteiger partial charge in [0.1, 0.15) is 0 Å². The topological polar surface area (TPSA) is 0 Å². The lowest BCUT2D eigenvalue weighted by Crippen LogP contribution is -1.91. The summed E-state index contributed by atoms with van der Waals surface area (Å²) in [6, 6.07) is 33.0. The van der Waals surface area contributed by atoms with Crippen molar-refractivity contribution >= 4 is 76.6 Å². The second kappa shape index (κ2) is 11.0. The molecule has 0 aliphatic heterocycles. The molecule has 0 saturated carbocycles. The maximum absolute atomic E-state index is 2.35. The lowest BCUT2D eigenvalue weighted by atomic mass is 9.93. The Morgan fingerprint density at radius 3 is 1.80 bits per heavy atom. The van der Waals surface area contributed by atoms with Gasteiger partial charge in [-0.3, -0.25) is 0 Å². The zero-order chi connectivity index (χ0) is 26.9. The fraction of sp³-hybridized carbons (Fsp3) is 0.0811. The summed E-state index contributed by atoms with van der Waals surface area (Å²) < 4.78 is 5.64. The smallest absolute Gasteiger partial charge is 0.0635 e. The number of benzene rings is 3. The highest BCUT2D eigenvalue weighted by Crippen LogP contribution is 2.44. The Balaban J connectivity index is 1.05. The predicted molar refractivity (Wildman–Crippen MR) is 181 cm³/mol. The molecule has 0 N–H and O–H groups in total. The van der Waals surface area contributed by atoms with E-state index < -0.39 is 0 Å². The monoisotopic (exact) mass is 568 g/mol. The molecule has 3 heterocycles. The molecule has 0 radical (unpaired) electrons. The standard InChI is InChI=1S/C37H28S3/c1-25-7-15-29(16-8-25)31-19-11-27(12-20-31)14-22-33-24-35-37(39-33)36-34(40-35)23-32(38-36)21-13-26-9-17-30(18-10-26)28-5-3-2-4-6-28/h2-9,11-17,19-24H,10,18H2,1H3/b21-13+,22-14+. The van der Waals surface area contributed by atoms with Crippen molar-refractivity contribution in [3.8, 4) is 11.1 Å². The normalized spacial score (nSPS) is 14.0. The van der Waals surface area contributed by atoms with Crippen molar-refractivity contribution in [3.63, 3.8) is 0 Å². The third-order valence-corrected chi connectivity index (χ3v) is 11.1. The molecule has 0 amide bonds. The van der Waals surface area contributed by atoms with Gasteiger partial charge in [-0.05, 0) is 77.5 Å². The van der Waals surface area contributed by atoms with E-state index in [0.717, 1.165) is 12.8 Å². The largest absolute Gasteiger partial charge is 0.133 e. The van der Waals surface area contributed by atoms with E-state index in [4.69, 9.17) is 0 Å². The van der Waals surface area contributed by atoms with Gasteiger partial charge in [-0.2, -0.15) is 0 Å². The fourth-order valence-corrected chi connectivity index (χ4v) is 8.97. The molecule has 0 unspecified atom stereocenters. The van der Waals surface area contributed by atoms with E-state index in [1.165, 1.54) is 67.5 Å².